The number of nitrogens with one attached hydrogen (secondary N) is 1. The van der Waals surface area contributed by atoms with Crippen LogP contribution in [-0.4, -0.2) is 36.7 Å². The van der Waals surface area contributed by atoms with Crippen LogP contribution in [0.3, 0.4) is 0 Å². The van der Waals surface area contributed by atoms with E-state index < -0.39 is 0 Å². The van der Waals surface area contributed by atoms with Crippen molar-refractivity contribution in [2.75, 3.05) is 24.7 Å². The van der Waals surface area contributed by atoms with Crippen LogP contribution in [0, 0.1) is 0 Å². The third-order valence-electron chi connectivity index (χ3n) is 2.11. The van der Waals surface area contributed by atoms with E-state index in [1.807, 2.05) is 18.7 Å². The molecule has 4 heteroatoms. The average Bonchev–Trinajstić information content (AvgIpc) is 2.20. The molecule has 1 rings (SSSR count). The van der Waals surface area contributed by atoms with Crippen molar-refractivity contribution in [3.05, 3.63) is 0 Å². The van der Waals surface area contributed by atoms with Gasteiger partial charge < -0.3 is 10.1 Å². The van der Waals surface area contributed by atoms with Gasteiger partial charge in [0.1, 0.15) is 6.61 Å². The lowest BCUT2D eigenvalue weighted by Crippen LogP contribution is -2.40. The van der Waals surface area contributed by atoms with E-state index >= 15 is 0 Å². The molecule has 0 aliphatic carbocycles. The van der Waals surface area contributed by atoms with Gasteiger partial charge in [-0.3, -0.25) is 4.79 Å². The van der Waals surface area contributed by atoms with Crippen molar-refractivity contribution < 1.29 is 9.53 Å². The highest BCUT2D eigenvalue weighted by Gasteiger charge is 2.15. The van der Waals surface area contributed by atoms with E-state index in [-0.39, 0.29) is 12.5 Å². The lowest BCUT2D eigenvalue weighted by atomic mass is 10.2. The second-order valence-electron chi connectivity index (χ2n) is 3.53. The summed E-state index contributed by atoms with van der Waals surface area (Å²) in [7, 11) is 0. The summed E-state index contributed by atoms with van der Waals surface area (Å²) in [6.07, 6.45) is 3.30. The third kappa shape index (κ3) is 4.86. The maximum atomic E-state index is 11.3. The highest BCUT2D eigenvalue weighted by atomic mass is 32.2. The van der Waals surface area contributed by atoms with Crippen molar-refractivity contribution in [2.45, 2.75) is 32.2 Å². The van der Waals surface area contributed by atoms with Gasteiger partial charge in [0, 0.05) is 18.4 Å². The first kappa shape index (κ1) is 11.9. The van der Waals surface area contributed by atoms with Gasteiger partial charge in [0.2, 0.25) is 5.91 Å². The summed E-state index contributed by atoms with van der Waals surface area (Å²) in [5.41, 5.74) is 0. The zero-order chi connectivity index (χ0) is 10.2. The van der Waals surface area contributed by atoms with Gasteiger partial charge in [0.15, 0.2) is 0 Å². The molecule has 0 aromatic heterocycles. The molecule has 0 bridgehead atoms. The zero-order valence-corrected chi connectivity index (χ0v) is 9.57. The number of carbonyl (C=O) groups is 1. The first-order valence-corrected chi connectivity index (χ1v) is 6.43. The minimum absolute atomic E-state index is 0.0333. The monoisotopic (exact) mass is 217 g/mol. The quantitative estimate of drug-likeness (QED) is 0.708. The molecule has 1 atom stereocenters. The number of carbonyl (C=O) groups excluding carboxylic acids is 1. The Morgan fingerprint density at radius 1 is 1.64 bits per heavy atom. The molecule has 0 radical (unpaired) electrons. The molecule has 3 nitrogen and oxygen atoms in total. The number of amides is 1. The maximum absolute atomic E-state index is 11.3. The van der Waals surface area contributed by atoms with Gasteiger partial charge in [-0.05, 0) is 25.0 Å². The molecule has 1 aliphatic rings. The fraction of sp³-hybridized carbons (Fsp3) is 0.900. The second kappa shape index (κ2) is 7.12. The van der Waals surface area contributed by atoms with E-state index in [1.54, 1.807) is 0 Å². The number of hydrogen-bond donors (Lipinski definition) is 1. The van der Waals surface area contributed by atoms with Gasteiger partial charge in [-0.15, -0.1) is 0 Å². The van der Waals surface area contributed by atoms with Gasteiger partial charge >= 0.3 is 0 Å². The van der Waals surface area contributed by atoms with Crippen LogP contribution in [0.1, 0.15) is 26.2 Å². The molecule has 1 heterocycles. The van der Waals surface area contributed by atoms with Gasteiger partial charge in [-0.1, -0.05) is 6.92 Å². The largest absolute Gasteiger partial charge is 0.372 e. The molecular formula is C10H19NO2S. The second-order valence-corrected chi connectivity index (χ2v) is 4.68. The molecule has 1 saturated heterocycles. The van der Waals surface area contributed by atoms with Crippen molar-refractivity contribution in [2.24, 2.45) is 0 Å². The minimum Gasteiger partial charge on any atom is -0.372 e. The number of rotatable bonds is 5. The summed E-state index contributed by atoms with van der Waals surface area (Å²) in [6, 6.07) is 0.367. The molecule has 1 unspecified atom stereocenters. The molecular weight excluding hydrogens is 198 g/mol. The van der Waals surface area contributed by atoms with Crippen molar-refractivity contribution in [1.82, 2.24) is 5.32 Å². The molecule has 0 aromatic rings. The number of hydrogen-bond acceptors (Lipinski definition) is 3. The summed E-state index contributed by atoms with van der Waals surface area (Å²) in [4.78, 5) is 11.3. The van der Waals surface area contributed by atoms with Gasteiger partial charge in [0.05, 0.1) is 0 Å². The number of thioether (sulfide) groups is 1. The molecule has 0 aromatic carbocycles. The summed E-state index contributed by atoms with van der Waals surface area (Å²) in [6.45, 7) is 2.93. The third-order valence-corrected chi connectivity index (χ3v) is 3.32. The Kier molecular flexibility index (Phi) is 6.03. The van der Waals surface area contributed by atoms with Crippen LogP contribution >= 0.6 is 11.8 Å². The molecule has 1 aliphatic heterocycles. The number of ether oxygens (including phenoxy) is 1. The fourth-order valence-electron chi connectivity index (χ4n) is 1.43. The first-order valence-electron chi connectivity index (χ1n) is 5.27. The van der Waals surface area contributed by atoms with Crippen molar-refractivity contribution in [3.63, 3.8) is 0 Å². The van der Waals surface area contributed by atoms with Crippen molar-refractivity contribution in [1.29, 1.82) is 0 Å². The van der Waals surface area contributed by atoms with E-state index in [0.29, 0.717) is 12.6 Å². The van der Waals surface area contributed by atoms with E-state index in [4.69, 9.17) is 4.74 Å². The lowest BCUT2D eigenvalue weighted by Gasteiger charge is -2.22. The summed E-state index contributed by atoms with van der Waals surface area (Å²) >= 11 is 1.92. The molecule has 0 spiro atoms. The Bertz CT molecular complexity index is 170. The van der Waals surface area contributed by atoms with E-state index in [9.17, 15) is 4.79 Å². The summed E-state index contributed by atoms with van der Waals surface area (Å²) in [5, 5.41) is 2.99. The molecule has 82 valence electrons. The first-order chi connectivity index (χ1) is 6.83. The van der Waals surface area contributed by atoms with Crippen LogP contribution in [0.5, 0.6) is 0 Å². The minimum atomic E-state index is 0.0333. The van der Waals surface area contributed by atoms with Gasteiger partial charge in [-0.2, -0.15) is 11.8 Å². The van der Waals surface area contributed by atoms with Crippen LogP contribution in [-0.2, 0) is 9.53 Å². The van der Waals surface area contributed by atoms with Crippen LogP contribution in [0.25, 0.3) is 0 Å². The molecule has 1 amide bonds. The van der Waals surface area contributed by atoms with Crippen LogP contribution in [0.2, 0.25) is 0 Å². The predicted molar refractivity (Wildman–Crippen MR) is 59.6 cm³/mol. The normalized spacial score (nSPS) is 21.9. The van der Waals surface area contributed by atoms with E-state index in [1.165, 1.54) is 12.2 Å². The Balaban J connectivity index is 2.06. The smallest absolute Gasteiger partial charge is 0.246 e. The van der Waals surface area contributed by atoms with Crippen molar-refractivity contribution >= 4 is 17.7 Å². The SMILES string of the molecule is CCCOCC(=O)NC1CCCSC1. The summed E-state index contributed by atoms with van der Waals surface area (Å²) < 4.78 is 5.17. The maximum Gasteiger partial charge on any atom is 0.246 e. The van der Waals surface area contributed by atoms with Crippen molar-refractivity contribution in [3.8, 4) is 0 Å². The average molecular weight is 217 g/mol. The lowest BCUT2D eigenvalue weighted by molar-refractivity contribution is -0.126. The van der Waals surface area contributed by atoms with Gasteiger partial charge in [-0.25, -0.2) is 0 Å². The Morgan fingerprint density at radius 2 is 2.50 bits per heavy atom. The molecule has 0 saturated carbocycles. The Morgan fingerprint density at radius 3 is 3.14 bits per heavy atom. The zero-order valence-electron chi connectivity index (χ0n) is 8.75. The fourth-order valence-corrected chi connectivity index (χ4v) is 2.51. The molecule has 14 heavy (non-hydrogen) atoms. The Hall–Kier alpha value is -0.220. The summed E-state index contributed by atoms with van der Waals surface area (Å²) in [5.74, 6) is 2.32. The standard InChI is InChI=1S/C10H19NO2S/c1-2-5-13-7-10(12)11-9-4-3-6-14-8-9/h9H,2-8H2,1H3,(H,11,12). The highest BCUT2D eigenvalue weighted by Crippen LogP contribution is 2.16. The molecule has 1 fully saturated rings. The Labute approximate surface area is 90.0 Å². The van der Waals surface area contributed by atoms with E-state index in [0.717, 1.165) is 18.6 Å². The van der Waals surface area contributed by atoms with Crippen LogP contribution < -0.4 is 5.32 Å². The highest BCUT2D eigenvalue weighted by molar-refractivity contribution is 7.99. The van der Waals surface area contributed by atoms with Gasteiger partial charge in [0.25, 0.3) is 0 Å². The topological polar surface area (TPSA) is 38.3 Å². The molecule has 1 N–H and O–H groups in total. The van der Waals surface area contributed by atoms with E-state index in [2.05, 4.69) is 5.32 Å². The van der Waals surface area contributed by atoms with Crippen LogP contribution in [0.4, 0.5) is 0 Å². The predicted octanol–water partition coefficient (Wildman–Crippen LogP) is 1.42. The van der Waals surface area contributed by atoms with Crippen LogP contribution in [0.15, 0.2) is 0 Å².